The molecule has 1 heterocycles. The van der Waals surface area contributed by atoms with Crippen molar-refractivity contribution >= 4 is 23.3 Å². The Bertz CT molecular complexity index is 703. The second kappa shape index (κ2) is 6.79. The van der Waals surface area contributed by atoms with Crippen LogP contribution in [0, 0.1) is 0 Å². The summed E-state index contributed by atoms with van der Waals surface area (Å²) < 4.78 is 10.9. The molecule has 1 aliphatic rings. The first-order chi connectivity index (χ1) is 11.2. The van der Waals surface area contributed by atoms with E-state index in [-0.39, 0.29) is 12.8 Å². The van der Waals surface area contributed by atoms with Crippen LogP contribution in [0.5, 0.6) is 11.5 Å². The van der Waals surface area contributed by atoms with E-state index in [2.05, 4.69) is 5.32 Å². The molecule has 0 fully saturated rings. The standard InChI is InChI=1S/C17H17ClN2O3/c1-2-20(17(21)19-14-8-6-13(18)7-9-14)10-12-4-3-5-15-16(12)23-11-22-15/h3-9H,2,10-11H2,1H3,(H,19,21). The molecular formula is C17H17ClN2O3. The number of nitrogens with one attached hydrogen (secondary N) is 1. The first kappa shape index (κ1) is 15.5. The van der Waals surface area contributed by atoms with Gasteiger partial charge in [0.15, 0.2) is 11.5 Å². The maximum atomic E-state index is 12.4. The van der Waals surface area contributed by atoms with Crippen LogP contribution in [0.25, 0.3) is 0 Å². The molecule has 0 radical (unpaired) electrons. The van der Waals surface area contributed by atoms with Gasteiger partial charge in [0.25, 0.3) is 0 Å². The molecule has 120 valence electrons. The SMILES string of the molecule is CCN(Cc1cccc2c1OCO2)C(=O)Nc1ccc(Cl)cc1. The van der Waals surface area contributed by atoms with Crippen molar-refractivity contribution in [2.24, 2.45) is 0 Å². The quantitative estimate of drug-likeness (QED) is 0.916. The number of ether oxygens (including phenoxy) is 2. The Morgan fingerprint density at radius 3 is 2.74 bits per heavy atom. The third-order valence-electron chi connectivity index (χ3n) is 3.60. The number of hydrogen-bond acceptors (Lipinski definition) is 3. The number of hydrogen-bond donors (Lipinski definition) is 1. The first-order valence-corrected chi connectivity index (χ1v) is 7.74. The van der Waals surface area contributed by atoms with Crippen LogP contribution in [-0.4, -0.2) is 24.3 Å². The van der Waals surface area contributed by atoms with Gasteiger partial charge in [0.2, 0.25) is 6.79 Å². The number of benzene rings is 2. The highest BCUT2D eigenvalue weighted by Crippen LogP contribution is 2.35. The van der Waals surface area contributed by atoms with Gasteiger partial charge < -0.3 is 19.7 Å². The van der Waals surface area contributed by atoms with Crippen molar-refractivity contribution < 1.29 is 14.3 Å². The van der Waals surface area contributed by atoms with Crippen molar-refractivity contribution in [1.29, 1.82) is 0 Å². The lowest BCUT2D eigenvalue weighted by molar-refractivity contribution is 0.172. The number of nitrogens with zero attached hydrogens (tertiary/aromatic N) is 1. The fourth-order valence-electron chi connectivity index (χ4n) is 2.38. The summed E-state index contributed by atoms with van der Waals surface area (Å²) in [5.41, 5.74) is 1.63. The lowest BCUT2D eigenvalue weighted by Crippen LogP contribution is -2.34. The molecule has 2 aromatic rings. The number of urea groups is 1. The molecule has 3 rings (SSSR count). The van der Waals surface area contributed by atoms with Crippen LogP contribution >= 0.6 is 11.6 Å². The topological polar surface area (TPSA) is 50.8 Å². The number of amides is 2. The molecule has 0 aliphatic carbocycles. The Morgan fingerprint density at radius 1 is 1.22 bits per heavy atom. The monoisotopic (exact) mass is 332 g/mol. The summed E-state index contributed by atoms with van der Waals surface area (Å²) in [5, 5.41) is 3.50. The molecule has 1 aliphatic heterocycles. The lowest BCUT2D eigenvalue weighted by Gasteiger charge is -2.22. The van der Waals surface area contributed by atoms with E-state index < -0.39 is 0 Å². The van der Waals surface area contributed by atoms with Gasteiger partial charge in [-0.15, -0.1) is 0 Å². The Kier molecular flexibility index (Phi) is 4.57. The smallest absolute Gasteiger partial charge is 0.322 e. The van der Waals surface area contributed by atoms with Crippen LogP contribution in [0.1, 0.15) is 12.5 Å². The van der Waals surface area contributed by atoms with Crippen molar-refractivity contribution in [3.63, 3.8) is 0 Å². The molecule has 0 aromatic heterocycles. The second-order valence-electron chi connectivity index (χ2n) is 5.10. The van der Waals surface area contributed by atoms with E-state index in [0.29, 0.717) is 29.5 Å². The fourth-order valence-corrected chi connectivity index (χ4v) is 2.51. The van der Waals surface area contributed by atoms with E-state index >= 15 is 0 Å². The minimum absolute atomic E-state index is 0.175. The van der Waals surface area contributed by atoms with E-state index in [9.17, 15) is 4.79 Å². The predicted octanol–water partition coefficient (Wildman–Crippen LogP) is 4.12. The molecular weight excluding hydrogens is 316 g/mol. The zero-order chi connectivity index (χ0) is 16.2. The highest BCUT2D eigenvalue weighted by Gasteiger charge is 2.20. The van der Waals surface area contributed by atoms with Gasteiger partial charge in [-0.05, 0) is 37.3 Å². The van der Waals surface area contributed by atoms with Gasteiger partial charge in [0.05, 0.1) is 6.54 Å². The van der Waals surface area contributed by atoms with E-state index in [1.165, 1.54) is 0 Å². The van der Waals surface area contributed by atoms with Crippen LogP contribution in [0.2, 0.25) is 5.02 Å². The number of carbonyl (C=O) groups is 1. The first-order valence-electron chi connectivity index (χ1n) is 7.36. The third kappa shape index (κ3) is 3.51. The molecule has 0 unspecified atom stereocenters. The maximum absolute atomic E-state index is 12.4. The van der Waals surface area contributed by atoms with Gasteiger partial charge in [-0.1, -0.05) is 23.7 Å². The lowest BCUT2D eigenvalue weighted by atomic mass is 10.1. The normalized spacial score (nSPS) is 12.1. The third-order valence-corrected chi connectivity index (χ3v) is 3.86. The van der Waals surface area contributed by atoms with E-state index in [4.69, 9.17) is 21.1 Å². The van der Waals surface area contributed by atoms with Crippen LogP contribution in [0.3, 0.4) is 0 Å². The van der Waals surface area contributed by atoms with Gasteiger partial charge in [-0.3, -0.25) is 0 Å². The molecule has 0 bridgehead atoms. The minimum atomic E-state index is -0.175. The van der Waals surface area contributed by atoms with E-state index in [1.54, 1.807) is 29.2 Å². The summed E-state index contributed by atoms with van der Waals surface area (Å²) in [6.45, 7) is 3.17. The number of anilines is 1. The average molecular weight is 333 g/mol. The zero-order valence-corrected chi connectivity index (χ0v) is 13.5. The number of carbonyl (C=O) groups excluding carboxylic acids is 1. The van der Waals surface area contributed by atoms with Crippen molar-refractivity contribution in [2.45, 2.75) is 13.5 Å². The van der Waals surface area contributed by atoms with E-state index in [1.807, 2.05) is 25.1 Å². The van der Waals surface area contributed by atoms with Gasteiger partial charge in [0.1, 0.15) is 0 Å². The maximum Gasteiger partial charge on any atom is 0.322 e. The molecule has 5 nitrogen and oxygen atoms in total. The van der Waals surface area contributed by atoms with Crippen LogP contribution in [-0.2, 0) is 6.54 Å². The summed E-state index contributed by atoms with van der Waals surface area (Å²) >= 11 is 5.85. The van der Waals surface area contributed by atoms with E-state index in [0.717, 1.165) is 11.3 Å². The highest BCUT2D eigenvalue weighted by molar-refractivity contribution is 6.30. The number of para-hydroxylation sites is 1. The molecule has 0 saturated heterocycles. The molecule has 0 atom stereocenters. The summed E-state index contributed by atoms with van der Waals surface area (Å²) in [6, 6.07) is 12.5. The number of halogens is 1. The van der Waals surface area contributed by atoms with Crippen molar-refractivity contribution in [2.75, 3.05) is 18.7 Å². The van der Waals surface area contributed by atoms with Crippen molar-refractivity contribution in [3.05, 3.63) is 53.1 Å². The average Bonchev–Trinajstić information content (AvgIpc) is 3.04. The minimum Gasteiger partial charge on any atom is -0.454 e. The molecule has 0 spiro atoms. The predicted molar refractivity (Wildman–Crippen MR) is 89.1 cm³/mol. The second-order valence-corrected chi connectivity index (χ2v) is 5.54. The van der Waals surface area contributed by atoms with Crippen LogP contribution in [0.15, 0.2) is 42.5 Å². The van der Waals surface area contributed by atoms with Gasteiger partial charge in [0, 0.05) is 22.8 Å². The molecule has 6 heteroatoms. The Hall–Kier alpha value is -2.40. The molecule has 23 heavy (non-hydrogen) atoms. The summed E-state index contributed by atoms with van der Waals surface area (Å²) in [7, 11) is 0. The van der Waals surface area contributed by atoms with Gasteiger partial charge >= 0.3 is 6.03 Å². The van der Waals surface area contributed by atoms with Crippen LogP contribution in [0.4, 0.5) is 10.5 Å². The zero-order valence-electron chi connectivity index (χ0n) is 12.7. The molecule has 2 amide bonds. The number of rotatable bonds is 4. The number of fused-ring (bicyclic) bond motifs is 1. The molecule has 0 saturated carbocycles. The van der Waals surface area contributed by atoms with Crippen LogP contribution < -0.4 is 14.8 Å². The molecule has 2 aromatic carbocycles. The Labute approximate surface area is 139 Å². The summed E-state index contributed by atoms with van der Waals surface area (Å²) in [4.78, 5) is 14.1. The highest BCUT2D eigenvalue weighted by atomic mass is 35.5. The fraction of sp³-hybridized carbons (Fsp3) is 0.235. The van der Waals surface area contributed by atoms with Crippen molar-refractivity contribution in [1.82, 2.24) is 4.90 Å². The summed E-state index contributed by atoms with van der Waals surface area (Å²) in [6.07, 6.45) is 0. The van der Waals surface area contributed by atoms with Gasteiger partial charge in [-0.2, -0.15) is 0 Å². The van der Waals surface area contributed by atoms with Crippen molar-refractivity contribution in [3.8, 4) is 11.5 Å². The largest absolute Gasteiger partial charge is 0.454 e. The van der Waals surface area contributed by atoms with Gasteiger partial charge in [-0.25, -0.2) is 4.79 Å². The molecule has 1 N–H and O–H groups in total. The Balaban J connectivity index is 1.71. The Morgan fingerprint density at radius 2 is 2.00 bits per heavy atom. The summed E-state index contributed by atoms with van der Waals surface area (Å²) in [5.74, 6) is 1.43.